The van der Waals surface area contributed by atoms with Crippen LogP contribution >= 0.6 is 23.2 Å². The fourth-order valence-corrected chi connectivity index (χ4v) is 5.46. The van der Waals surface area contributed by atoms with E-state index in [1.807, 2.05) is 37.5 Å². The summed E-state index contributed by atoms with van der Waals surface area (Å²) < 4.78 is 0. The van der Waals surface area contributed by atoms with Crippen molar-refractivity contribution in [3.8, 4) is 0 Å². The number of carbonyl (C=O) groups excluding carboxylic acids is 1. The third kappa shape index (κ3) is 6.01. The molecule has 2 N–H and O–H groups in total. The Bertz CT molecular complexity index is 1380. The summed E-state index contributed by atoms with van der Waals surface area (Å²) in [6, 6.07) is 12.7. The molecule has 7 nitrogen and oxygen atoms in total. The molecular weight excluding hydrogens is 507 g/mol. The Morgan fingerprint density at radius 3 is 2.73 bits per heavy atom. The number of nitrogens with one attached hydrogen (secondary N) is 2. The summed E-state index contributed by atoms with van der Waals surface area (Å²) in [6.07, 6.45) is 9.89. The highest BCUT2D eigenvalue weighted by molar-refractivity contribution is 6.39. The molecule has 4 aromatic rings. The fourth-order valence-electron chi connectivity index (χ4n) is 4.93. The van der Waals surface area contributed by atoms with Crippen LogP contribution in [0.4, 0.5) is 0 Å². The third-order valence-corrected chi connectivity index (χ3v) is 7.20. The second kappa shape index (κ2) is 11.4. The molecule has 1 aliphatic carbocycles. The number of aromatic amines is 1. The summed E-state index contributed by atoms with van der Waals surface area (Å²) in [5, 5.41) is 3.37. The molecule has 3 heterocycles. The Hall–Kier alpha value is -3.26. The third-order valence-electron chi connectivity index (χ3n) is 6.63. The highest BCUT2D eigenvalue weighted by atomic mass is 35.5. The van der Waals surface area contributed by atoms with Gasteiger partial charge in [-0.3, -0.25) is 19.7 Å². The van der Waals surface area contributed by atoms with Gasteiger partial charge in [-0.05, 0) is 48.9 Å². The molecule has 0 aliphatic heterocycles. The van der Waals surface area contributed by atoms with Gasteiger partial charge in [0.25, 0.3) is 5.91 Å². The van der Waals surface area contributed by atoms with E-state index in [0.717, 1.165) is 54.1 Å². The number of hydrogen-bond acceptors (Lipinski definition) is 5. The van der Waals surface area contributed by atoms with Gasteiger partial charge < -0.3 is 10.3 Å². The maximum absolute atomic E-state index is 12.7. The number of halogens is 2. The van der Waals surface area contributed by atoms with E-state index in [4.69, 9.17) is 28.2 Å². The average Bonchev–Trinajstić information content (AvgIpc) is 3.31. The van der Waals surface area contributed by atoms with Crippen LogP contribution in [0.15, 0.2) is 61.2 Å². The summed E-state index contributed by atoms with van der Waals surface area (Å²) in [5.74, 6) is 0.609. The first kappa shape index (κ1) is 25.4. The number of rotatable bonds is 8. The van der Waals surface area contributed by atoms with E-state index in [1.165, 1.54) is 18.0 Å². The van der Waals surface area contributed by atoms with Crippen LogP contribution in [0.5, 0.6) is 0 Å². The van der Waals surface area contributed by atoms with Gasteiger partial charge in [-0.25, -0.2) is 4.98 Å². The minimum absolute atomic E-state index is 0.203. The number of pyridine rings is 2. The predicted octanol–water partition coefficient (Wildman–Crippen LogP) is 5.82. The molecule has 5 rings (SSSR count). The molecule has 0 fully saturated rings. The van der Waals surface area contributed by atoms with Crippen LogP contribution < -0.4 is 5.32 Å². The second-order valence-electron chi connectivity index (χ2n) is 9.33. The van der Waals surface area contributed by atoms with E-state index < -0.39 is 0 Å². The van der Waals surface area contributed by atoms with Crippen molar-refractivity contribution in [2.45, 2.75) is 51.9 Å². The van der Waals surface area contributed by atoms with Gasteiger partial charge in [-0.2, -0.15) is 0 Å². The van der Waals surface area contributed by atoms with Crippen molar-refractivity contribution < 1.29 is 4.79 Å². The van der Waals surface area contributed by atoms with Crippen molar-refractivity contribution >= 4 is 29.1 Å². The normalized spacial score (nSPS) is 15.0. The lowest BCUT2D eigenvalue weighted by atomic mass is 9.90. The van der Waals surface area contributed by atoms with E-state index in [2.05, 4.69) is 43.4 Å². The number of amides is 1. The van der Waals surface area contributed by atoms with E-state index in [9.17, 15) is 4.79 Å². The fraction of sp³-hybridized carbons (Fsp3) is 0.286. The summed E-state index contributed by atoms with van der Waals surface area (Å²) in [7, 11) is 0. The summed E-state index contributed by atoms with van der Waals surface area (Å²) >= 11 is 12.3. The van der Waals surface area contributed by atoms with Crippen LogP contribution in [-0.2, 0) is 26.1 Å². The van der Waals surface area contributed by atoms with Crippen LogP contribution in [0.1, 0.15) is 63.1 Å². The smallest absolute Gasteiger partial charge is 0.254 e. The highest BCUT2D eigenvalue weighted by Gasteiger charge is 2.28. The molecule has 1 unspecified atom stereocenters. The number of H-pyrrole nitrogens is 1. The van der Waals surface area contributed by atoms with Gasteiger partial charge in [0, 0.05) is 37.9 Å². The maximum atomic E-state index is 12.7. The van der Waals surface area contributed by atoms with Gasteiger partial charge in [-0.1, -0.05) is 53.5 Å². The van der Waals surface area contributed by atoms with Crippen LogP contribution in [0, 0.1) is 6.92 Å². The van der Waals surface area contributed by atoms with Crippen LogP contribution in [0.25, 0.3) is 0 Å². The molecule has 1 amide bonds. The quantitative estimate of drug-likeness (QED) is 0.297. The lowest BCUT2D eigenvalue weighted by Gasteiger charge is -2.34. The Labute approximate surface area is 226 Å². The molecule has 0 saturated heterocycles. The Morgan fingerprint density at radius 2 is 1.95 bits per heavy atom. The number of hydrogen-bond donors (Lipinski definition) is 2. The maximum Gasteiger partial charge on any atom is 0.254 e. The topological polar surface area (TPSA) is 86.8 Å². The molecule has 190 valence electrons. The highest BCUT2D eigenvalue weighted by Crippen LogP contribution is 2.34. The zero-order chi connectivity index (χ0) is 25.8. The van der Waals surface area contributed by atoms with Crippen LogP contribution in [0.3, 0.4) is 0 Å². The minimum Gasteiger partial charge on any atom is -0.348 e. The predicted molar refractivity (Wildman–Crippen MR) is 144 cm³/mol. The van der Waals surface area contributed by atoms with E-state index >= 15 is 0 Å². The number of aryl methyl sites for hydroxylation is 2. The van der Waals surface area contributed by atoms with Gasteiger partial charge in [-0.15, -0.1) is 0 Å². The molecule has 0 spiro atoms. The molecule has 0 saturated carbocycles. The number of aromatic nitrogens is 4. The molecule has 1 aliphatic rings. The van der Waals surface area contributed by atoms with E-state index in [1.54, 1.807) is 0 Å². The lowest BCUT2D eigenvalue weighted by molar-refractivity contribution is 0.0951. The molecule has 1 atom stereocenters. The molecule has 37 heavy (non-hydrogen) atoms. The first-order valence-electron chi connectivity index (χ1n) is 12.3. The van der Waals surface area contributed by atoms with Crippen molar-refractivity contribution in [1.29, 1.82) is 0 Å². The SMILES string of the molecule is Cc1c[nH]c(CN(Cc2cccc(CNC(=O)c3c(Cl)cncc3Cl)c2)C2CCCc3cccnc32)n1. The molecule has 1 aromatic carbocycles. The molecular formula is C28H28Cl2N6O. The lowest BCUT2D eigenvalue weighted by Crippen LogP contribution is -2.32. The number of carbonyl (C=O) groups is 1. The molecule has 3 aromatic heterocycles. The minimum atomic E-state index is -0.331. The van der Waals surface area contributed by atoms with Crippen molar-refractivity contribution in [3.05, 3.63) is 111 Å². The van der Waals surface area contributed by atoms with E-state index in [-0.39, 0.29) is 27.6 Å². The summed E-state index contributed by atoms with van der Waals surface area (Å²) in [4.78, 5) is 31.8. The molecule has 0 bridgehead atoms. The number of benzene rings is 1. The largest absolute Gasteiger partial charge is 0.348 e. The Morgan fingerprint density at radius 1 is 1.14 bits per heavy atom. The first-order chi connectivity index (χ1) is 18.0. The van der Waals surface area contributed by atoms with Crippen molar-refractivity contribution in [1.82, 2.24) is 30.2 Å². The monoisotopic (exact) mass is 534 g/mol. The van der Waals surface area contributed by atoms with Crippen LogP contribution in [0.2, 0.25) is 10.0 Å². The molecule has 9 heteroatoms. The standard InChI is InChI=1S/C28H28Cl2N6O/c1-18-12-33-25(35-18)17-36(24-9-3-7-21-8-4-10-32-27(21)24)16-20-6-2-5-19(11-20)13-34-28(37)26-22(29)14-31-15-23(26)30/h2,4-6,8,10-12,14-15,24H,3,7,9,13,16-17H2,1H3,(H,33,35)(H,34,37). The van der Waals surface area contributed by atoms with Gasteiger partial charge in [0.15, 0.2) is 0 Å². The average molecular weight is 535 g/mol. The van der Waals surface area contributed by atoms with Crippen molar-refractivity contribution in [2.24, 2.45) is 0 Å². The Balaban J connectivity index is 1.35. The van der Waals surface area contributed by atoms with Gasteiger partial charge in [0.05, 0.1) is 39.6 Å². The van der Waals surface area contributed by atoms with Crippen LogP contribution in [-0.4, -0.2) is 30.7 Å². The number of nitrogens with zero attached hydrogens (tertiary/aromatic N) is 4. The summed E-state index contributed by atoms with van der Waals surface area (Å²) in [5.41, 5.74) is 5.83. The van der Waals surface area contributed by atoms with Gasteiger partial charge in [0.1, 0.15) is 5.82 Å². The first-order valence-corrected chi connectivity index (χ1v) is 13.1. The number of imidazole rings is 1. The van der Waals surface area contributed by atoms with Crippen molar-refractivity contribution in [2.75, 3.05) is 0 Å². The number of fused-ring (bicyclic) bond motifs is 1. The Kier molecular flexibility index (Phi) is 7.84. The van der Waals surface area contributed by atoms with Gasteiger partial charge in [0.2, 0.25) is 0 Å². The van der Waals surface area contributed by atoms with Gasteiger partial charge >= 0.3 is 0 Å². The van der Waals surface area contributed by atoms with Crippen molar-refractivity contribution in [3.63, 3.8) is 0 Å². The second-order valence-corrected chi connectivity index (χ2v) is 10.1. The summed E-state index contributed by atoms with van der Waals surface area (Å²) in [6.45, 7) is 3.76. The van der Waals surface area contributed by atoms with E-state index in [0.29, 0.717) is 13.1 Å². The zero-order valence-corrected chi connectivity index (χ0v) is 22.1. The molecule has 0 radical (unpaired) electrons. The zero-order valence-electron chi connectivity index (χ0n) is 20.5.